The SMILES string of the molecule is CNCC1CCN(C(=O)c2cn(-c3ccc(Cl)cc3)nc2C)C1.Cl. The third-order valence-electron chi connectivity index (χ3n) is 4.29. The van der Waals surface area contributed by atoms with Gasteiger partial charge in [0.05, 0.1) is 16.9 Å². The summed E-state index contributed by atoms with van der Waals surface area (Å²) in [7, 11) is 1.95. The molecule has 1 saturated heterocycles. The molecule has 2 aromatic rings. The van der Waals surface area contributed by atoms with Gasteiger partial charge in [-0.1, -0.05) is 11.6 Å². The standard InChI is InChI=1S/C17H21ClN4O.ClH/c1-12-16(17(23)21-8-7-13(10-21)9-19-2)11-22(20-12)15-5-3-14(18)4-6-15;/h3-6,11,13,19H,7-10H2,1-2H3;1H. The summed E-state index contributed by atoms with van der Waals surface area (Å²) in [6.07, 6.45) is 2.86. The van der Waals surface area contributed by atoms with Crippen LogP contribution in [0.25, 0.3) is 5.69 Å². The number of aryl methyl sites for hydroxylation is 1. The molecule has 1 amide bonds. The molecule has 24 heavy (non-hydrogen) atoms. The van der Waals surface area contributed by atoms with Crippen molar-refractivity contribution < 1.29 is 4.79 Å². The Kier molecular flexibility index (Phi) is 6.27. The molecular weight excluding hydrogens is 347 g/mol. The molecule has 1 fully saturated rings. The molecule has 1 N–H and O–H groups in total. The van der Waals surface area contributed by atoms with Gasteiger partial charge >= 0.3 is 0 Å². The van der Waals surface area contributed by atoms with Gasteiger partial charge in [-0.05, 0) is 57.1 Å². The van der Waals surface area contributed by atoms with E-state index in [2.05, 4.69) is 10.4 Å². The average molecular weight is 369 g/mol. The van der Waals surface area contributed by atoms with Crippen molar-refractivity contribution in [3.8, 4) is 5.69 Å². The molecule has 1 unspecified atom stereocenters. The molecule has 1 aromatic heterocycles. The molecule has 5 nitrogen and oxygen atoms in total. The van der Waals surface area contributed by atoms with Crippen molar-refractivity contribution in [1.82, 2.24) is 20.0 Å². The van der Waals surface area contributed by atoms with E-state index in [9.17, 15) is 4.79 Å². The van der Waals surface area contributed by atoms with E-state index < -0.39 is 0 Å². The number of carbonyl (C=O) groups excluding carboxylic acids is 1. The second kappa shape index (κ2) is 8.01. The maximum absolute atomic E-state index is 12.7. The van der Waals surface area contributed by atoms with Crippen molar-refractivity contribution in [3.05, 3.63) is 46.7 Å². The van der Waals surface area contributed by atoms with Crippen molar-refractivity contribution >= 4 is 29.9 Å². The first-order chi connectivity index (χ1) is 11.1. The van der Waals surface area contributed by atoms with Crippen LogP contribution >= 0.6 is 24.0 Å². The molecule has 7 heteroatoms. The molecule has 0 radical (unpaired) electrons. The van der Waals surface area contributed by atoms with Gasteiger partial charge in [-0.25, -0.2) is 4.68 Å². The van der Waals surface area contributed by atoms with Crippen LogP contribution in [0.1, 0.15) is 22.5 Å². The molecule has 1 aliphatic heterocycles. The molecule has 3 rings (SSSR count). The topological polar surface area (TPSA) is 50.2 Å². The third-order valence-corrected chi connectivity index (χ3v) is 4.54. The number of carbonyl (C=O) groups is 1. The first kappa shape index (κ1) is 18.8. The highest BCUT2D eigenvalue weighted by atomic mass is 35.5. The fourth-order valence-corrected chi connectivity index (χ4v) is 3.16. The van der Waals surface area contributed by atoms with Crippen LogP contribution in [0, 0.1) is 12.8 Å². The lowest BCUT2D eigenvalue weighted by molar-refractivity contribution is 0.0786. The van der Waals surface area contributed by atoms with Crippen LogP contribution in [-0.2, 0) is 0 Å². The zero-order chi connectivity index (χ0) is 16.4. The molecule has 1 aromatic carbocycles. The third kappa shape index (κ3) is 3.91. The lowest BCUT2D eigenvalue weighted by Crippen LogP contribution is -2.30. The van der Waals surface area contributed by atoms with Gasteiger partial charge in [-0.15, -0.1) is 12.4 Å². The first-order valence-corrected chi connectivity index (χ1v) is 8.22. The molecule has 2 heterocycles. The van der Waals surface area contributed by atoms with Crippen LogP contribution < -0.4 is 5.32 Å². The van der Waals surface area contributed by atoms with Gasteiger partial charge in [0.2, 0.25) is 0 Å². The summed E-state index contributed by atoms with van der Waals surface area (Å²) in [4.78, 5) is 14.7. The van der Waals surface area contributed by atoms with Gasteiger partial charge in [0.1, 0.15) is 0 Å². The molecule has 1 aliphatic rings. The van der Waals surface area contributed by atoms with E-state index in [1.165, 1.54) is 0 Å². The van der Waals surface area contributed by atoms with Gasteiger partial charge in [-0.3, -0.25) is 4.79 Å². The van der Waals surface area contributed by atoms with Crippen LogP contribution in [0.15, 0.2) is 30.5 Å². The van der Waals surface area contributed by atoms with Gasteiger partial charge in [0.25, 0.3) is 5.91 Å². The van der Waals surface area contributed by atoms with Crippen LogP contribution in [0.2, 0.25) is 5.02 Å². The smallest absolute Gasteiger partial charge is 0.257 e. The number of benzene rings is 1. The van der Waals surface area contributed by atoms with Crippen molar-refractivity contribution in [3.63, 3.8) is 0 Å². The van der Waals surface area contributed by atoms with E-state index in [0.717, 1.165) is 37.4 Å². The van der Waals surface area contributed by atoms with Crippen molar-refractivity contribution in [2.75, 3.05) is 26.7 Å². The second-order valence-electron chi connectivity index (χ2n) is 6.01. The van der Waals surface area contributed by atoms with Crippen molar-refractivity contribution in [2.45, 2.75) is 13.3 Å². The Bertz CT molecular complexity index is 699. The maximum atomic E-state index is 12.7. The van der Waals surface area contributed by atoms with Crippen LogP contribution in [0.3, 0.4) is 0 Å². The summed E-state index contributed by atoms with van der Waals surface area (Å²) < 4.78 is 1.74. The molecule has 0 saturated carbocycles. The predicted octanol–water partition coefficient (Wildman–Crippen LogP) is 2.94. The van der Waals surface area contributed by atoms with Gasteiger partial charge in [-0.2, -0.15) is 5.10 Å². The van der Waals surface area contributed by atoms with Crippen LogP contribution in [0.5, 0.6) is 0 Å². The monoisotopic (exact) mass is 368 g/mol. The molecule has 0 aliphatic carbocycles. The van der Waals surface area contributed by atoms with Gasteiger partial charge in [0, 0.05) is 24.3 Å². The first-order valence-electron chi connectivity index (χ1n) is 7.84. The summed E-state index contributed by atoms with van der Waals surface area (Å²) in [5, 5.41) is 8.34. The zero-order valence-corrected chi connectivity index (χ0v) is 15.4. The Morgan fingerprint density at radius 1 is 1.38 bits per heavy atom. The van der Waals surface area contributed by atoms with Crippen molar-refractivity contribution in [2.24, 2.45) is 5.92 Å². The Hall–Kier alpha value is -1.56. The highest BCUT2D eigenvalue weighted by Crippen LogP contribution is 2.21. The van der Waals surface area contributed by atoms with Crippen LogP contribution in [0.4, 0.5) is 0 Å². The molecule has 0 bridgehead atoms. The number of halogens is 2. The maximum Gasteiger partial charge on any atom is 0.257 e. The van der Waals surface area contributed by atoms with Gasteiger partial charge < -0.3 is 10.2 Å². The molecular formula is C17H22Cl2N4O. The lowest BCUT2D eigenvalue weighted by atomic mass is 10.1. The van der Waals surface area contributed by atoms with Gasteiger partial charge in [0.15, 0.2) is 0 Å². The predicted molar refractivity (Wildman–Crippen MR) is 98.5 cm³/mol. The fourth-order valence-electron chi connectivity index (χ4n) is 3.04. The van der Waals surface area contributed by atoms with E-state index in [1.807, 2.05) is 49.3 Å². The Morgan fingerprint density at radius 2 is 2.08 bits per heavy atom. The quantitative estimate of drug-likeness (QED) is 0.902. The zero-order valence-electron chi connectivity index (χ0n) is 13.8. The summed E-state index contributed by atoms with van der Waals surface area (Å²) in [6.45, 7) is 4.45. The summed E-state index contributed by atoms with van der Waals surface area (Å²) >= 11 is 5.92. The lowest BCUT2D eigenvalue weighted by Gasteiger charge is -2.16. The number of rotatable bonds is 4. The summed E-state index contributed by atoms with van der Waals surface area (Å²) in [5.41, 5.74) is 2.32. The Labute approximate surface area is 153 Å². The number of amides is 1. The van der Waals surface area contributed by atoms with Crippen LogP contribution in [-0.4, -0.2) is 47.3 Å². The molecule has 0 spiro atoms. The Morgan fingerprint density at radius 3 is 2.75 bits per heavy atom. The largest absolute Gasteiger partial charge is 0.338 e. The minimum atomic E-state index is 0. The van der Waals surface area contributed by atoms with E-state index in [1.54, 1.807) is 4.68 Å². The number of nitrogens with zero attached hydrogens (tertiary/aromatic N) is 3. The summed E-state index contributed by atoms with van der Waals surface area (Å²) in [6, 6.07) is 7.42. The highest BCUT2D eigenvalue weighted by molar-refractivity contribution is 6.30. The molecule has 130 valence electrons. The average Bonchev–Trinajstić information content (AvgIpc) is 3.15. The van der Waals surface area contributed by atoms with E-state index in [0.29, 0.717) is 16.5 Å². The number of hydrogen-bond donors (Lipinski definition) is 1. The molecule has 1 atom stereocenters. The van der Waals surface area contributed by atoms with Crippen molar-refractivity contribution in [1.29, 1.82) is 0 Å². The number of nitrogens with one attached hydrogen (secondary N) is 1. The highest BCUT2D eigenvalue weighted by Gasteiger charge is 2.28. The number of aromatic nitrogens is 2. The number of hydrogen-bond acceptors (Lipinski definition) is 3. The minimum absolute atomic E-state index is 0. The Balaban J connectivity index is 0.00000208. The fraction of sp³-hybridized carbons (Fsp3) is 0.412. The minimum Gasteiger partial charge on any atom is -0.338 e. The second-order valence-corrected chi connectivity index (χ2v) is 6.45. The van der Waals surface area contributed by atoms with E-state index >= 15 is 0 Å². The number of likely N-dealkylation sites (tertiary alicyclic amines) is 1. The normalized spacial score (nSPS) is 17.0. The summed E-state index contributed by atoms with van der Waals surface area (Å²) in [5.74, 6) is 0.608. The van der Waals surface area contributed by atoms with E-state index in [4.69, 9.17) is 11.6 Å². The van der Waals surface area contributed by atoms with E-state index in [-0.39, 0.29) is 18.3 Å².